The van der Waals surface area contributed by atoms with Gasteiger partial charge in [0.05, 0.1) is 6.61 Å². The van der Waals surface area contributed by atoms with Crippen LogP contribution in [-0.2, 0) is 66.7 Å². The van der Waals surface area contributed by atoms with Crippen LogP contribution in [0.5, 0.6) is 0 Å². The van der Waals surface area contributed by atoms with Gasteiger partial charge in [-0.15, -0.1) is 0 Å². The SMILES string of the molecule is CC(=O)OCC[C@]1(OC(C)=O)C(OC(C)=O)C(OC(C)=O)[C@H](OC(C)=O)C(OC(C)=O)C1OC(C)=O. The van der Waals surface area contributed by atoms with Gasteiger partial charge in [-0.05, 0) is 0 Å². The largest absolute Gasteiger partial charge is 0.466 e. The van der Waals surface area contributed by atoms with Crippen LogP contribution >= 0.6 is 0 Å². The number of carbonyl (C=O) groups is 7. The third-order valence-electron chi connectivity index (χ3n) is 4.83. The summed E-state index contributed by atoms with van der Waals surface area (Å²) >= 11 is 0. The Kier molecular flexibility index (Phi) is 10.8. The lowest BCUT2D eigenvalue weighted by Gasteiger charge is -2.53. The highest BCUT2D eigenvalue weighted by Gasteiger charge is 2.69. The van der Waals surface area contributed by atoms with E-state index in [9.17, 15) is 33.6 Å². The lowest BCUT2D eigenvalue weighted by atomic mass is 9.72. The minimum atomic E-state index is -2.24. The van der Waals surface area contributed by atoms with E-state index in [1.54, 1.807) is 0 Å². The van der Waals surface area contributed by atoms with Crippen LogP contribution in [0.25, 0.3) is 0 Å². The van der Waals surface area contributed by atoms with Crippen molar-refractivity contribution in [3.63, 3.8) is 0 Å². The molecular formula is C22H30O14. The van der Waals surface area contributed by atoms with Gasteiger partial charge in [0.25, 0.3) is 0 Å². The second-order valence-electron chi connectivity index (χ2n) is 7.92. The van der Waals surface area contributed by atoms with Gasteiger partial charge in [-0.2, -0.15) is 0 Å². The third kappa shape index (κ3) is 8.20. The Hall–Kier alpha value is -3.71. The van der Waals surface area contributed by atoms with Gasteiger partial charge in [0.1, 0.15) is 0 Å². The normalized spacial score (nSPS) is 27.0. The van der Waals surface area contributed by atoms with Crippen LogP contribution in [0, 0.1) is 0 Å². The Morgan fingerprint density at radius 2 is 0.861 bits per heavy atom. The average Bonchev–Trinajstić information content (AvgIpc) is 2.68. The highest BCUT2D eigenvalue weighted by atomic mass is 16.7. The van der Waals surface area contributed by atoms with Crippen molar-refractivity contribution in [2.45, 2.75) is 91.0 Å². The van der Waals surface area contributed by atoms with Crippen LogP contribution in [0.4, 0.5) is 0 Å². The third-order valence-corrected chi connectivity index (χ3v) is 4.83. The van der Waals surface area contributed by atoms with Crippen molar-refractivity contribution < 1.29 is 66.7 Å². The zero-order valence-corrected chi connectivity index (χ0v) is 21.0. The molecule has 14 heteroatoms. The standard InChI is InChI=1S/C22H30O14/c1-10(23)30-9-8-22(36-16(7)29)20(34-14(5)27)18(32-12(3)25)17(31-11(2)24)19(33-13(4)26)21(22)35-15(6)28/h17-21H,8-9H2,1-7H3/t17-,18?,19?,20?,21?,22-. The summed E-state index contributed by atoms with van der Waals surface area (Å²) < 4.78 is 37.3. The van der Waals surface area contributed by atoms with Crippen LogP contribution in [-0.4, -0.2) is 84.5 Å². The highest BCUT2D eigenvalue weighted by Crippen LogP contribution is 2.43. The van der Waals surface area contributed by atoms with Gasteiger partial charge in [-0.3, -0.25) is 33.6 Å². The first kappa shape index (κ1) is 30.3. The second kappa shape index (κ2) is 12.8. The molecule has 4 atom stereocenters. The van der Waals surface area contributed by atoms with Crippen molar-refractivity contribution in [2.75, 3.05) is 6.61 Å². The maximum Gasteiger partial charge on any atom is 0.303 e. The fourth-order valence-corrected chi connectivity index (χ4v) is 3.98. The fraction of sp³-hybridized carbons (Fsp3) is 0.682. The molecule has 0 aromatic rings. The van der Waals surface area contributed by atoms with E-state index >= 15 is 0 Å². The number of rotatable bonds is 9. The molecule has 0 radical (unpaired) electrons. The van der Waals surface area contributed by atoms with Crippen molar-refractivity contribution in [1.29, 1.82) is 0 Å². The second-order valence-corrected chi connectivity index (χ2v) is 7.92. The fourth-order valence-electron chi connectivity index (χ4n) is 3.98. The first-order valence-corrected chi connectivity index (χ1v) is 10.8. The smallest absolute Gasteiger partial charge is 0.303 e. The van der Waals surface area contributed by atoms with Gasteiger partial charge >= 0.3 is 41.8 Å². The van der Waals surface area contributed by atoms with E-state index in [-0.39, 0.29) is 0 Å². The van der Waals surface area contributed by atoms with Gasteiger partial charge < -0.3 is 33.2 Å². The minimum absolute atomic E-state index is 0.462. The molecule has 0 N–H and O–H groups in total. The van der Waals surface area contributed by atoms with Crippen molar-refractivity contribution in [2.24, 2.45) is 0 Å². The molecule has 0 aromatic carbocycles. The summed E-state index contributed by atoms with van der Waals surface area (Å²) in [6.45, 7) is 6.63. The summed E-state index contributed by atoms with van der Waals surface area (Å²) in [5.41, 5.74) is -2.24. The summed E-state index contributed by atoms with van der Waals surface area (Å²) in [5, 5.41) is 0. The Bertz CT molecular complexity index is 849. The molecule has 0 amide bonds. The van der Waals surface area contributed by atoms with E-state index in [4.69, 9.17) is 33.2 Å². The summed E-state index contributed by atoms with van der Waals surface area (Å²) in [6, 6.07) is 0. The Morgan fingerprint density at radius 1 is 0.500 bits per heavy atom. The molecule has 0 heterocycles. The van der Waals surface area contributed by atoms with E-state index in [2.05, 4.69) is 0 Å². The Balaban J connectivity index is 4.01. The quantitative estimate of drug-likeness (QED) is 0.291. The van der Waals surface area contributed by atoms with Crippen molar-refractivity contribution >= 4 is 41.8 Å². The van der Waals surface area contributed by atoms with Crippen molar-refractivity contribution in [3.05, 3.63) is 0 Å². The van der Waals surface area contributed by atoms with Crippen LogP contribution in [0.2, 0.25) is 0 Å². The molecule has 36 heavy (non-hydrogen) atoms. The van der Waals surface area contributed by atoms with Crippen molar-refractivity contribution in [3.8, 4) is 0 Å². The Labute approximate surface area is 206 Å². The molecule has 1 aliphatic rings. The first-order valence-electron chi connectivity index (χ1n) is 10.8. The zero-order valence-electron chi connectivity index (χ0n) is 21.0. The number of carbonyl (C=O) groups excluding carboxylic acids is 7. The molecule has 1 saturated carbocycles. The number of hydrogen-bond donors (Lipinski definition) is 0. The molecule has 0 saturated heterocycles. The lowest BCUT2D eigenvalue weighted by Crippen LogP contribution is -2.75. The molecular weight excluding hydrogens is 488 g/mol. The maximum absolute atomic E-state index is 12.3. The molecule has 0 aromatic heterocycles. The monoisotopic (exact) mass is 518 g/mol. The Morgan fingerprint density at radius 3 is 1.17 bits per heavy atom. The van der Waals surface area contributed by atoms with Gasteiger partial charge in [0.15, 0.2) is 36.1 Å². The lowest BCUT2D eigenvalue weighted by molar-refractivity contribution is -0.292. The molecule has 0 spiro atoms. The summed E-state index contributed by atoms with van der Waals surface area (Å²) in [7, 11) is 0. The minimum Gasteiger partial charge on any atom is -0.466 e. The maximum atomic E-state index is 12.3. The summed E-state index contributed by atoms with van der Waals surface area (Å²) in [4.78, 5) is 84.0. The van der Waals surface area contributed by atoms with E-state index in [1.165, 1.54) is 0 Å². The summed E-state index contributed by atoms with van der Waals surface area (Å²) in [5.74, 6) is -6.37. The first-order chi connectivity index (χ1) is 16.6. The van der Waals surface area contributed by atoms with E-state index in [1.807, 2.05) is 0 Å². The predicted molar refractivity (Wildman–Crippen MR) is 114 cm³/mol. The van der Waals surface area contributed by atoms with Gasteiger partial charge in [-0.1, -0.05) is 0 Å². The van der Waals surface area contributed by atoms with Gasteiger partial charge in [0.2, 0.25) is 0 Å². The zero-order chi connectivity index (χ0) is 27.8. The van der Waals surface area contributed by atoms with Crippen molar-refractivity contribution in [1.82, 2.24) is 0 Å². The molecule has 1 fully saturated rings. The van der Waals surface area contributed by atoms with E-state index in [0.29, 0.717) is 0 Å². The highest BCUT2D eigenvalue weighted by molar-refractivity contribution is 5.71. The molecule has 0 bridgehead atoms. The molecule has 0 aliphatic heterocycles. The topological polar surface area (TPSA) is 184 Å². The molecule has 1 aliphatic carbocycles. The molecule has 4 unspecified atom stereocenters. The van der Waals surface area contributed by atoms with E-state index in [0.717, 1.165) is 48.5 Å². The molecule has 14 nitrogen and oxygen atoms in total. The summed E-state index contributed by atoms with van der Waals surface area (Å²) in [6.07, 6.45) is -9.16. The van der Waals surface area contributed by atoms with Gasteiger partial charge in [0, 0.05) is 54.9 Å². The van der Waals surface area contributed by atoms with Crippen LogP contribution < -0.4 is 0 Å². The predicted octanol–water partition coefficient (Wildman–Crippen LogP) is -0.0864. The molecule has 1 rings (SSSR count). The van der Waals surface area contributed by atoms with Crippen LogP contribution in [0.15, 0.2) is 0 Å². The average molecular weight is 518 g/mol. The van der Waals surface area contributed by atoms with E-state index < -0.39 is 90.9 Å². The van der Waals surface area contributed by atoms with Gasteiger partial charge in [-0.25, -0.2) is 0 Å². The van der Waals surface area contributed by atoms with Crippen LogP contribution in [0.1, 0.15) is 54.9 Å². The number of hydrogen-bond acceptors (Lipinski definition) is 14. The number of esters is 7. The van der Waals surface area contributed by atoms with Crippen LogP contribution in [0.3, 0.4) is 0 Å². The number of ether oxygens (including phenoxy) is 7. The molecule has 202 valence electrons.